The molecule has 1 aromatic heterocycles. The van der Waals surface area contributed by atoms with Gasteiger partial charge in [0.2, 0.25) is 11.9 Å². The standard InChI is InChI=1S/C14H25N5O/c1-6-8-19(10-12(20)18(4)5)13-11(3)9-16-14(17-13)15-7-2/h9H,6-8,10H2,1-5H3,(H,15,16,17). The van der Waals surface area contributed by atoms with E-state index in [0.29, 0.717) is 12.5 Å². The summed E-state index contributed by atoms with van der Waals surface area (Å²) in [4.78, 5) is 24.3. The molecule has 0 radical (unpaired) electrons. The zero-order valence-electron chi connectivity index (χ0n) is 13.1. The minimum Gasteiger partial charge on any atom is -0.354 e. The number of carbonyl (C=O) groups is 1. The van der Waals surface area contributed by atoms with Gasteiger partial charge in [-0.05, 0) is 20.3 Å². The molecule has 0 aliphatic rings. The van der Waals surface area contributed by atoms with E-state index in [1.807, 2.05) is 18.7 Å². The highest BCUT2D eigenvalue weighted by Gasteiger charge is 2.16. The van der Waals surface area contributed by atoms with Gasteiger partial charge in [-0.2, -0.15) is 4.98 Å². The zero-order valence-corrected chi connectivity index (χ0v) is 13.1. The largest absolute Gasteiger partial charge is 0.354 e. The monoisotopic (exact) mass is 279 g/mol. The smallest absolute Gasteiger partial charge is 0.241 e. The van der Waals surface area contributed by atoms with E-state index >= 15 is 0 Å². The van der Waals surface area contributed by atoms with Gasteiger partial charge in [-0.25, -0.2) is 4.98 Å². The first-order chi connectivity index (χ1) is 9.49. The van der Waals surface area contributed by atoms with Crippen molar-refractivity contribution in [3.05, 3.63) is 11.8 Å². The number of aromatic nitrogens is 2. The third kappa shape index (κ3) is 4.36. The van der Waals surface area contributed by atoms with Gasteiger partial charge in [-0.15, -0.1) is 0 Å². The maximum atomic E-state index is 11.9. The van der Waals surface area contributed by atoms with Crippen molar-refractivity contribution in [2.75, 3.05) is 43.9 Å². The molecule has 0 aromatic carbocycles. The fourth-order valence-electron chi connectivity index (χ4n) is 1.83. The van der Waals surface area contributed by atoms with E-state index in [-0.39, 0.29) is 5.91 Å². The van der Waals surface area contributed by atoms with Crippen LogP contribution in [0, 0.1) is 6.92 Å². The van der Waals surface area contributed by atoms with Crippen LogP contribution in [-0.2, 0) is 4.79 Å². The highest BCUT2D eigenvalue weighted by Crippen LogP contribution is 2.18. The maximum absolute atomic E-state index is 11.9. The average Bonchev–Trinajstić information content (AvgIpc) is 2.40. The van der Waals surface area contributed by atoms with E-state index in [4.69, 9.17) is 0 Å². The van der Waals surface area contributed by atoms with E-state index in [1.54, 1.807) is 25.2 Å². The fraction of sp³-hybridized carbons (Fsp3) is 0.643. The Hall–Kier alpha value is -1.85. The third-order valence-electron chi connectivity index (χ3n) is 2.90. The van der Waals surface area contributed by atoms with Crippen molar-refractivity contribution >= 4 is 17.7 Å². The molecule has 0 saturated heterocycles. The van der Waals surface area contributed by atoms with Gasteiger partial charge >= 0.3 is 0 Å². The van der Waals surface area contributed by atoms with Crippen LogP contribution >= 0.6 is 0 Å². The van der Waals surface area contributed by atoms with Crippen molar-refractivity contribution in [3.8, 4) is 0 Å². The predicted octanol–water partition coefficient (Wildman–Crippen LogP) is 1.52. The molecule has 112 valence electrons. The van der Waals surface area contributed by atoms with Crippen molar-refractivity contribution in [3.63, 3.8) is 0 Å². The SMILES string of the molecule is CCCN(CC(=O)N(C)C)c1nc(NCC)ncc1C. The fourth-order valence-corrected chi connectivity index (χ4v) is 1.83. The first-order valence-electron chi connectivity index (χ1n) is 7.02. The molecule has 1 amide bonds. The molecule has 0 spiro atoms. The quantitative estimate of drug-likeness (QED) is 0.820. The lowest BCUT2D eigenvalue weighted by molar-refractivity contribution is -0.127. The van der Waals surface area contributed by atoms with Gasteiger partial charge in [-0.3, -0.25) is 4.79 Å². The molecule has 0 fully saturated rings. The predicted molar refractivity (Wildman–Crippen MR) is 82.1 cm³/mol. The molecule has 0 saturated carbocycles. The maximum Gasteiger partial charge on any atom is 0.241 e. The van der Waals surface area contributed by atoms with Gasteiger partial charge in [0.05, 0.1) is 6.54 Å². The lowest BCUT2D eigenvalue weighted by atomic mass is 10.3. The Morgan fingerprint density at radius 2 is 2.05 bits per heavy atom. The average molecular weight is 279 g/mol. The minimum atomic E-state index is 0.0708. The molecule has 1 rings (SSSR count). The topological polar surface area (TPSA) is 61.4 Å². The molecule has 0 aliphatic carbocycles. The van der Waals surface area contributed by atoms with Crippen molar-refractivity contribution in [1.82, 2.24) is 14.9 Å². The van der Waals surface area contributed by atoms with Crippen molar-refractivity contribution < 1.29 is 4.79 Å². The van der Waals surface area contributed by atoms with Crippen molar-refractivity contribution in [2.24, 2.45) is 0 Å². The molecular weight excluding hydrogens is 254 g/mol. The summed E-state index contributed by atoms with van der Waals surface area (Å²) in [5, 5.41) is 3.10. The van der Waals surface area contributed by atoms with Crippen LogP contribution < -0.4 is 10.2 Å². The summed E-state index contributed by atoms with van der Waals surface area (Å²) in [6.45, 7) is 7.96. The summed E-state index contributed by atoms with van der Waals surface area (Å²) < 4.78 is 0. The number of carbonyl (C=O) groups excluding carboxylic acids is 1. The molecule has 0 unspecified atom stereocenters. The second-order valence-corrected chi connectivity index (χ2v) is 4.94. The Kier molecular flexibility index (Phi) is 6.21. The number of likely N-dealkylation sites (N-methyl/N-ethyl adjacent to an activating group) is 1. The summed E-state index contributed by atoms with van der Waals surface area (Å²) in [5.41, 5.74) is 0.978. The Morgan fingerprint density at radius 1 is 1.35 bits per heavy atom. The highest BCUT2D eigenvalue weighted by molar-refractivity contribution is 5.81. The number of nitrogens with zero attached hydrogens (tertiary/aromatic N) is 4. The van der Waals surface area contributed by atoms with Crippen molar-refractivity contribution in [2.45, 2.75) is 27.2 Å². The van der Waals surface area contributed by atoms with Crippen LogP contribution in [0.3, 0.4) is 0 Å². The van der Waals surface area contributed by atoms with Crippen LogP contribution in [0.25, 0.3) is 0 Å². The number of amides is 1. The first kappa shape index (κ1) is 16.2. The van der Waals surface area contributed by atoms with E-state index in [1.165, 1.54) is 0 Å². The second kappa shape index (κ2) is 7.67. The molecule has 1 heterocycles. The normalized spacial score (nSPS) is 10.2. The van der Waals surface area contributed by atoms with Crippen LogP contribution in [0.1, 0.15) is 25.8 Å². The summed E-state index contributed by atoms with van der Waals surface area (Å²) in [7, 11) is 3.53. The summed E-state index contributed by atoms with van der Waals surface area (Å²) in [5.74, 6) is 1.50. The number of nitrogens with one attached hydrogen (secondary N) is 1. The van der Waals surface area contributed by atoms with Gasteiger partial charge < -0.3 is 15.1 Å². The Balaban J connectivity index is 3.00. The molecule has 0 atom stereocenters. The molecule has 0 aliphatic heterocycles. The molecule has 1 aromatic rings. The van der Waals surface area contributed by atoms with Crippen LogP contribution in [0.15, 0.2) is 6.20 Å². The highest BCUT2D eigenvalue weighted by atomic mass is 16.2. The third-order valence-corrected chi connectivity index (χ3v) is 2.90. The molecule has 6 heteroatoms. The Bertz CT molecular complexity index is 447. The summed E-state index contributed by atoms with van der Waals surface area (Å²) in [6, 6.07) is 0. The first-order valence-corrected chi connectivity index (χ1v) is 7.02. The number of anilines is 2. The number of hydrogen-bond donors (Lipinski definition) is 1. The van der Waals surface area contributed by atoms with Gasteiger partial charge in [0, 0.05) is 38.9 Å². The lowest BCUT2D eigenvalue weighted by Gasteiger charge is -2.25. The van der Waals surface area contributed by atoms with E-state index in [9.17, 15) is 4.79 Å². The molecule has 1 N–H and O–H groups in total. The van der Waals surface area contributed by atoms with E-state index in [2.05, 4.69) is 22.2 Å². The lowest BCUT2D eigenvalue weighted by Crippen LogP contribution is -2.38. The van der Waals surface area contributed by atoms with Crippen LogP contribution in [0.4, 0.5) is 11.8 Å². The molecular formula is C14H25N5O. The van der Waals surface area contributed by atoms with Gasteiger partial charge in [-0.1, -0.05) is 6.92 Å². The number of aryl methyl sites for hydroxylation is 1. The minimum absolute atomic E-state index is 0.0708. The summed E-state index contributed by atoms with van der Waals surface area (Å²) >= 11 is 0. The number of hydrogen-bond acceptors (Lipinski definition) is 5. The Labute approximate surface area is 121 Å². The zero-order chi connectivity index (χ0) is 15.1. The molecule has 20 heavy (non-hydrogen) atoms. The van der Waals surface area contributed by atoms with Crippen LogP contribution in [-0.4, -0.2) is 54.5 Å². The van der Waals surface area contributed by atoms with Crippen LogP contribution in [0.5, 0.6) is 0 Å². The van der Waals surface area contributed by atoms with Gasteiger partial charge in [0.25, 0.3) is 0 Å². The van der Waals surface area contributed by atoms with Gasteiger partial charge in [0.15, 0.2) is 0 Å². The molecule has 6 nitrogen and oxygen atoms in total. The van der Waals surface area contributed by atoms with Crippen molar-refractivity contribution in [1.29, 1.82) is 0 Å². The van der Waals surface area contributed by atoms with E-state index < -0.39 is 0 Å². The Morgan fingerprint density at radius 3 is 2.60 bits per heavy atom. The number of rotatable bonds is 7. The van der Waals surface area contributed by atoms with Crippen LogP contribution in [0.2, 0.25) is 0 Å². The van der Waals surface area contributed by atoms with Gasteiger partial charge in [0.1, 0.15) is 5.82 Å². The summed E-state index contributed by atoms with van der Waals surface area (Å²) in [6.07, 6.45) is 2.75. The second-order valence-electron chi connectivity index (χ2n) is 4.94. The molecule has 0 bridgehead atoms. The van der Waals surface area contributed by atoms with E-state index in [0.717, 1.165) is 30.9 Å².